The first-order chi connectivity index (χ1) is 18.1. The van der Waals surface area contributed by atoms with Gasteiger partial charge >= 0.3 is 12.4 Å². The van der Waals surface area contributed by atoms with Crippen molar-refractivity contribution in [2.24, 2.45) is 5.92 Å². The molecule has 2 amide bonds. The number of carbonyl (C=O) groups excluding carboxylic acids is 2. The molecule has 2 fully saturated rings. The molecule has 0 radical (unpaired) electrons. The lowest BCUT2D eigenvalue weighted by molar-refractivity contribution is -0.145. The lowest BCUT2D eigenvalue weighted by Crippen LogP contribution is -2.47. The fourth-order valence-electron chi connectivity index (χ4n) is 5.51. The first-order valence-corrected chi connectivity index (χ1v) is 12.3. The molecule has 2 heterocycles. The molecule has 2 aromatic rings. The van der Waals surface area contributed by atoms with E-state index in [0.717, 1.165) is 0 Å². The van der Waals surface area contributed by atoms with Crippen molar-refractivity contribution in [1.29, 1.82) is 0 Å². The van der Waals surface area contributed by atoms with Crippen LogP contribution in [0.25, 0.3) is 0 Å². The Morgan fingerprint density at radius 3 is 2.08 bits per heavy atom. The van der Waals surface area contributed by atoms with E-state index >= 15 is 0 Å². The molecule has 2 aliphatic rings. The molecule has 0 N–H and O–H groups in total. The SMILES string of the molecule is C[C@@H](O[C@H]1CN2C(=O)CC(C(=O)N(C)C)C[C@H]2[C@@H]1c1ccc(F)cc1)c1cc(C(F)(F)F)cc(C(F)(F)F)c1. The van der Waals surface area contributed by atoms with Crippen LogP contribution >= 0.6 is 0 Å². The van der Waals surface area contributed by atoms with Gasteiger partial charge in [-0.15, -0.1) is 0 Å². The Balaban J connectivity index is 1.69. The first kappa shape index (κ1) is 28.8. The van der Waals surface area contributed by atoms with Crippen LogP contribution < -0.4 is 0 Å². The molecule has 2 saturated heterocycles. The summed E-state index contributed by atoms with van der Waals surface area (Å²) in [6, 6.07) is 6.18. The summed E-state index contributed by atoms with van der Waals surface area (Å²) in [5.74, 6) is -2.25. The number of nitrogens with zero attached hydrogens (tertiary/aromatic N) is 2. The Morgan fingerprint density at radius 2 is 1.56 bits per heavy atom. The number of ether oxygens (including phenoxy) is 1. The largest absolute Gasteiger partial charge is 0.416 e. The Morgan fingerprint density at radius 1 is 1.00 bits per heavy atom. The lowest BCUT2D eigenvalue weighted by Gasteiger charge is -2.37. The third kappa shape index (κ3) is 6.05. The van der Waals surface area contributed by atoms with Crippen molar-refractivity contribution >= 4 is 11.8 Å². The summed E-state index contributed by atoms with van der Waals surface area (Å²) >= 11 is 0. The number of fused-ring (bicyclic) bond motifs is 1. The lowest BCUT2D eigenvalue weighted by atomic mass is 9.81. The molecule has 12 heteroatoms. The molecule has 2 aromatic carbocycles. The summed E-state index contributed by atoms with van der Waals surface area (Å²) in [6.45, 7) is 1.36. The highest BCUT2D eigenvalue weighted by Crippen LogP contribution is 2.45. The van der Waals surface area contributed by atoms with E-state index in [-0.39, 0.29) is 42.8 Å². The zero-order valence-electron chi connectivity index (χ0n) is 21.3. The standard InChI is InChI=1S/C27H27F7N2O3/c1-14(16-8-18(26(29,30)31)12-19(9-16)27(32,33)34)39-22-13-36-21(24(22)15-4-6-20(28)7-5-15)10-17(11-23(36)37)25(38)35(2)3/h4-9,12,14,17,21-22,24H,10-11,13H2,1-3H3/t14-,17?,21+,22+,24+/m1/s1. The number of carbonyl (C=O) groups is 2. The van der Waals surface area contributed by atoms with Gasteiger partial charge in [-0.2, -0.15) is 26.3 Å². The highest BCUT2D eigenvalue weighted by atomic mass is 19.4. The van der Waals surface area contributed by atoms with Gasteiger partial charge in [0.1, 0.15) is 5.82 Å². The number of hydrogen-bond acceptors (Lipinski definition) is 3. The molecule has 212 valence electrons. The van der Waals surface area contributed by atoms with Crippen molar-refractivity contribution in [3.63, 3.8) is 0 Å². The maximum Gasteiger partial charge on any atom is 0.416 e. The maximum absolute atomic E-state index is 13.7. The van der Waals surface area contributed by atoms with Crippen molar-refractivity contribution < 1.29 is 45.1 Å². The van der Waals surface area contributed by atoms with Gasteiger partial charge in [0, 0.05) is 44.9 Å². The number of rotatable bonds is 5. The van der Waals surface area contributed by atoms with Crippen LogP contribution in [0.3, 0.4) is 0 Å². The van der Waals surface area contributed by atoms with Gasteiger partial charge in [0.05, 0.1) is 23.3 Å². The Bertz CT molecular complexity index is 1200. The van der Waals surface area contributed by atoms with E-state index in [1.807, 2.05) is 0 Å². The smallest absolute Gasteiger partial charge is 0.368 e. The number of alkyl halides is 6. The van der Waals surface area contributed by atoms with Crippen LogP contribution in [0.15, 0.2) is 42.5 Å². The molecule has 2 aliphatic heterocycles. The van der Waals surface area contributed by atoms with E-state index in [2.05, 4.69) is 0 Å². The molecule has 0 saturated carbocycles. The van der Waals surface area contributed by atoms with Crippen molar-refractivity contribution in [3.8, 4) is 0 Å². The van der Waals surface area contributed by atoms with E-state index in [9.17, 15) is 40.3 Å². The van der Waals surface area contributed by atoms with Gasteiger partial charge in [-0.3, -0.25) is 9.59 Å². The van der Waals surface area contributed by atoms with Crippen LogP contribution in [0.1, 0.15) is 54.0 Å². The van der Waals surface area contributed by atoms with E-state index < -0.39 is 59.4 Å². The molecule has 0 spiro atoms. The Kier molecular flexibility index (Phi) is 7.72. The summed E-state index contributed by atoms with van der Waals surface area (Å²) in [5, 5.41) is 0. The van der Waals surface area contributed by atoms with Crippen molar-refractivity contribution in [2.75, 3.05) is 20.6 Å². The predicted molar refractivity (Wildman–Crippen MR) is 126 cm³/mol. The molecule has 4 rings (SSSR count). The molecule has 0 bridgehead atoms. The van der Waals surface area contributed by atoms with E-state index in [4.69, 9.17) is 4.74 Å². The summed E-state index contributed by atoms with van der Waals surface area (Å²) in [7, 11) is 3.15. The van der Waals surface area contributed by atoms with Gasteiger partial charge in [0.2, 0.25) is 11.8 Å². The summed E-state index contributed by atoms with van der Waals surface area (Å²) < 4.78 is 100. The molecule has 39 heavy (non-hydrogen) atoms. The van der Waals surface area contributed by atoms with E-state index in [0.29, 0.717) is 17.7 Å². The maximum atomic E-state index is 13.7. The van der Waals surface area contributed by atoms with Crippen LogP contribution in [-0.4, -0.2) is 54.4 Å². The average Bonchev–Trinajstić information content (AvgIpc) is 3.21. The number of hydrogen-bond donors (Lipinski definition) is 0. The summed E-state index contributed by atoms with van der Waals surface area (Å²) in [5.41, 5.74) is -2.66. The van der Waals surface area contributed by atoms with Gasteiger partial charge in [0.25, 0.3) is 0 Å². The monoisotopic (exact) mass is 560 g/mol. The number of amides is 2. The minimum Gasteiger partial charge on any atom is -0.368 e. The van der Waals surface area contributed by atoms with E-state index in [1.165, 1.54) is 41.0 Å². The highest BCUT2D eigenvalue weighted by molar-refractivity contribution is 5.87. The topological polar surface area (TPSA) is 49.9 Å². The second-order valence-electron chi connectivity index (χ2n) is 10.2. The van der Waals surface area contributed by atoms with Gasteiger partial charge < -0.3 is 14.5 Å². The third-order valence-corrected chi connectivity index (χ3v) is 7.36. The molecule has 0 aliphatic carbocycles. The zero-order valence-corrected chi connectivity index (χ0v) is 21.3. The Hall–Kier alpha value is -3.15. The normalized spacial score (nSPS) is 24.5. The average molecular weight is 561 g/mol. The molecular formula is C27H27F7N2O3. The number of piperidine rings is 1. The minimum absolute atomic E-state index is 0.0177. The summed E-state index contributed by atoms with van der Waals surface area (Å²) in [6.07, 6.45) is -11.8. The quantitative estimate of drug-likeness (QED) is 0.435. The van der Waals surface area contributed by atoms with Crippen molar-refractivity contribution in [3.05, 3.63) is 70.5 Å². The fraction of sp³-hybridized carbons (Fsp3) is 0.481. The number of halogens is 7. The Labute approximate surface area is 220 Å². The zero-order chi connectivity index (χ0) is 28.9. The van der Waals surface area contributed by atoms with Gasteiger partial charge in [-0.25, -0.2) is 4.39 Å². The molecule has 5 nitrogen and oxygen atoms in total. The first-order valence-electron chi connectivity index (χ1n) is 12.3. The minimum atomic E-state index is -5.01. The van der Waals surface area contributed by atoms with Gasteiger partial charge in [-0.05, 0) is 54.8 Å². The van der Waals surface area contributed by atoms with Gasteiger partial charge in [-0.1, -0.05) is 12.1 Å². The molecule has 5 atom stereocenters. The van der Waals surface area contributed by atoms with Crippen LogP contribution in [-0.2, 0) is 26.7 Å². The fourth-order valence-corrected chi connectivity index (χ4v) is 5.51. The second-order valence-corrected chi connectivity index (χ2v) is 10.2. The summed E-state index contributed by atoms with van der Waals surface area (Å²) in [4.78, 5) is 28.7. The molecule has 0 aromatic heterocycles. The van der Waals surface area contributed by atoms with Crippen LogP contribution in [0.4, 0.5) is 30.7 Å². The van der Waals surface area contributed by atoms with Crippen molar-refractivity contribution in [2.45, 2.75) is 56.3 Å². The van der Waals surface area contributed by atoms with Crippen LogP contribution in [0.5, 0.6) is 0 Å². The van der Waals surface area contributed by atoms with E-state index in [1.54, 1.807) is 14.1 Å². The van der Waals surface area contributed by atoms with Crippen LogP contribution in [0.2, 0.25) is 0 Å². The second kappa shape index (κ2) is 10.4. The number of benzene rings is 2. The highest BCUT2D eigenvalue weighted by Gasteiger charge is 2.50. The molecular weight excluding hydrogens is 533 g/mol. The van der Waals surface area contributed by atoms with Gasteiger partial charge in [0.15, 0.2) is 0 Å². The van der Waals surface area contributed by atoms with Crippen LogP contribution in [0, 0.1) is 11.7 Å². The predicted octanol–water partition coefficient (Wildman–Crippen LogP) is 5.80. The third-order valence-electron chi connectivity index (χ3n) is 7.36. The molecule has 1 unspecified atom stereocenters. The van der Waals surface area contributed by atoms with Crippen molar-refractivity contribution in [1.82, 2.24) is 9.80 Å².